The highest BCUT2D eigenvalue weighted by Crippen LogP contribution is 2.19. The van der Waals surface area contributed by atoms with Gasteiger partial charge in [0.15, 0.2) is 11.0 Å². The SMILES string of the molecule is C=CCn1c(C)c(CCC(=O)Nc2ncc(C)s2)c(=O)n2nc(-c3ccccc3)nc12. The third-order valence-electron chi connectivity index (χ3n) is 4.94. The summed E-state index contributed by atoms with van der Waals surface area (Å²) in [6.07, 6.45) is 3.90. The van der Waals surface area contributed by atoms with Crippen LogP contribution in [0.25, 0.3) is 17.2 Å². The lowest BCUT2D eigenvalue weighted by Crippen LogP contribution is -2.27. The lowest BCUT2D eigenvalue weighted by molar-refractivity contribution is -0.116. The smallest absolute Gasteiger partial charge is 0.279 e. The highest BCUT2D eigenvalue weighted by Gasteiger charge is 2.19. The molecule has 4 aromatic rings. The Kier molecular flexibility index (Phi) is 5.77. The molecule has 4 rings (SSSR count). The number of aromatic nitrogens is 5. The number of aryl methyl sites for hydroxylation is 1. The minimum absolute atomic E-state index is 0.161. The van der Waals surface area contributed by atoms with E-state index >= 15 is 0 Å². The van der Waals surface area contributed by atoms with E-state index in [1.807, 2.05) is 48.7 Å². The second-order valence-electron chi connectivity index (χ2n) is 7.11. The summed E-state index contributed by atoms with van der Waals surface area (Å²) >= 11 is 1.41. The predicted octanol–water partition coefficient (Wildman–Crippen LogP) is 3.39. The summed E-state index contributed by atoms with van der Waals surface area (Å²) in [4.78, 5) is 35.3. The van der Waals surface area contributed by atoms with Gasteiger partial charge in [0.25, 0.3) is 5.56 Å². The van der Waals surface area contributed by atoms with Crippen LogP contribution in [0.4, 0.5) is 5.13 Å². The Morgan fingerprint density at radius 2 is 2.03 bits per heavy atom. The first-order chi connectivity index (χ1) is 15.0. The number of amides is 1. The van der Waals surface area contributed by atoms with Gasteiger partial charge in [0.05, 0.1) is 0 Å². The van der Waals surface area contributed by atoms with Crippen LogP contribution in [0.2, 0.25) is 0 Å². The van der Waals surface area contributed by atoms with Crippen LogP contribution < -0.4 is 10.9 Å². The molecular weight excluding hydrogens is 412 g/mol. The quantitative estimate of drug-likeness (QED) is 0.450. The van der Waals surface area contributed by atoms with Gasteiger partial charge in [-0.15, -0.1) is 23.0 Å². The Bertz CT molecular complexity index is 1320. The molecule has 3 aromatic heterocycles. The summed E-state index contributed by atoms with van der Waals surface area (Å²) in [6, 6.07) is 9.51. The number of hydrogen-bond donors (Lipinski definition) is 1. The Balaban J connectivity index is 1.68. The van der Waals surface area contributed by atoms with Crippen LogP contribution >= 0.6 is 11.3 Å². The number of fused-ring (bicyclic) bond motifs is 1. The molecule has 1 aromatic carbocycles. The fourth-order valence-electron chi connectivity index (χ4n) is 3.39. The van der Waals surface area contributed by atoms with Crippen LogP contribution in [0.15, 0.2) is 54.0 Å². The molecule has 1 amide bonds. The van der Waals surface area contributed by atoms with Gasteiger partial charge in [0.1, 0.15) is 0 Å². The maximum absolute atomic E-state index is 13.2. The minimum atomic E-state index is -0.264. The van der Waals surface area contributed by atoms with Crippen molar-refractivity contribution in [2.75, 3.05) is 5.32 Å². The van der Waals surface area contributed by atoms with Crippen molar-refractivity contribution in [3.8, 4) is 11.4 Å². The van der Waals surface area contributed by atoms with Crippen molar-refractivity contribution < 1.29 is 4.79 Å². The standard InChI is InChI=1S/C22H22N6O2S/c1-4-12-27-15(3)17(10-11-18(29)24-21-23-13-14(2)31-21)20(30)28-22(27)25-19(26-28)16-8-6-5-7-9-16/h4-9,13H,1,10-12H2,2-3H3,(H,23,24,29). The zero-order valence-electron chi connectivity index (χ0n) is 17.3. The molecule has 8 nitrogen and oxygen atoms in total. The first-order valence-electron chi connectivity index (χ1n) is 9.85. The molecule has 0 saturated heterocycles. The van der Waals surface area contributed by atoms with E-state index in [9.17, 15) is 9.59 Å². The average molecular weight is 435 g/mol. The zero-order chi connectivity index (χ0) is 22.0. The molecule has 0 aliphatic heterocycles. The molecule has 0 bridgehead atoms. The number of carbonyl (C=O) groups is 1. The molecule has 31 heavy (non-hydrogen) atoms. The van der Waals surface area contributed by atoms with E-state index in [2.05, 4.69) is 27.0 Å². The maximum Gasteiger partial charge on any atom is 0.279 e. The molecule has 158 valence electrons. The number of nitrogens with zero attached hydrogens (tertiary/aromatic N) is 5. The molecule has 0 saturated carbocycles. The third-order valence-corrected chi connectivity index (χ3v) is 5.77. The normalized spacial score (nSPS) is 11.0. The number of nitrogens with one attached hydrogen (secondary N) is 1. The van der Waals surface area contributed by atoms with E-state index in [1.54, 1.807) is 12.3 Å². The molecule has 9 heteroatoms. The van der Waals surface area contributed by atoms with E-state index in [4.69, 9.17) is 0 Å². The summed E-state index contributed by atoms with van der Waals surface area (Å²) in [5.41, 5.74) is 1.85. The Morgan fingerprint density at radius 1 is 1.26 bits per heavy atom. The number of allylic oxidation sites excluding steroid dienone is 1. The van der Waals surface area contributed by atoms with Gasteiger partial charge in [-0.3, -0.25) is 9.59 Å². The number of carbonyl (C=O) groups excluding carboxylic acids is 1. The van der Waals surface area contributed by atoms with Crippen molar-refractivity contribution in [1.29, 1.82) is 0 Å². The van der Waals surface area contributed by atoms with Crippen LogP contribution in [0.5, 0.6) is 0 Å². The number of anilines is 1. The van der Waals surface area contributed by atoms with Crippen LogP contribution in [-0.2, 0) is 17.8 Å². The number of rotatable bonds is 7. The van der Waals surface area contributed by atoms with Crippen LogP contribution in [0.3, 0.4) is 0 Å². The summed E-state index contributed by atoms with van der Waals surface area (Å²) in [6.45, 7) is 8.08. The molecular formula is C22H22N6O2S. The highest BCUT2D eigenvalue weighted by molar-refractivity contribution is 7.15. The Labute approximate surface area is 182 Å². The summed E-state index contributed by atoms with van der Waals surface area (Å²) in [7, 11) is 0. The molecule has 0 spiro atoms. The van der Waals surface area contributed by atoms with Crippen molar-refractivity contribution >= 4 is 28.2 Å². The second-order valence-corrected chi connectivity index (χ2v) is 8.34. The van der Waals surface area contributed by atoms with Gasteiger partial charge in [0.2, 0.25) is 11.7 Å². The average Bonchev–Trinajstić information content (AvgIpc) is 3.38. The van der Waals surface area contributed by atoms with Crippen LogP contribution in [0, 0.1) is 13.8 Å². The van der Waals surface area contributed by atoms with E-state index < -0.39 is 0 Å². The minimum Gasteiger partial charge on any atom is -0.310 e. The molecule has 3 heterocycles. The van der Waals surface area contributed by atoms with Gasteiger partial charge >= 0.3 is 0 Å². The molecule has 0 aliphatic carbocycles. The molecule has 0 fully saturated rings. The fraction of sp³-hybridized carbons (Fsp3) is 0.227. The van der Waals surface area contributed by atoms with Gasteiger partial charge in [-0.05, 0) is 20.3 Å². The summed E-state index contributed by atoms with van der Waals surface area (Å²) < 4.78 is 3.21. The van der Waals surface area contributed by atoms with Crippen molar-refractivity contribution in [3.63, 3.8) is 0 Å². The van der Waals surface area contributed by atoms with E-state index in [1.165, 1.54) is 15.9 Å². The van der Waals surface area contributed by atoms with Gasteiger partial charge < -0.3 is 9.88 Å². The van der Waals surface area contributed by atoms with E-state index in [-0.39, 0.29) is 24.3 Å². The molecule has 0 radical (unpaired) electrons. The molecule has 0 aliphatic rings. The number of thiazole rings is 1. The van der Waals surface area contributed by atoms with E-state index in [0.717, 1.165) is 16.1 Å². The Hall–Kier alpha value is -3.59. The molecule has 0 unspecified atom stereocenters. The maximum atomic E-state index is 13.2. The van der Waals surface area contributed by atoms with Crippen molar-refractivity contribution in [1.82, 2.24) is 24.1 Å². The van der Waals surface area contributed by atoms with Gasteiger partial charge in [-0.2, -0.15) is 9.50 Å². The molecule has 0 atom stereocenters. The lowest BCUT2D eigenvalue weighted by atomic mass is 10.1. The van der Waals surface area contributed by atoms with Crippen LogP contribution in [0.1, 0.15) is 22.6 Å². The first-order valence-corrected chi connectivity index (χ1v) is 10.7. The zero-order valence-corrected chi connectivity index (χ0v) is 18.1. The molecule has 1 N–H and O–H groups in total. The summed E-state index contributed by atoms with van der Waals surface area (Å²) in [5, 5.41) is 7.79. The van der Waals surface area contributed by atoms with E-state index in [0.29, 0.717) is 28.8 Å². The summed E-state index contributed by atoms with van der Waals surface area (Å²) in [5.74, 6) is 0.740. The Morgan fingerprint density at radius 3 is 2.71 bits per heavy atom. The monoisotopic (exact) mass is 434 g/mol. The van der Waals surface area contributed by atoms with Crippen molar-refractivity contribution in [3.05, 3.63) is 75.7 Å². The largest absolute Gasteiger partial charge is 0.310 e. The lowest BCUT2D eigenvalue weighted by Gasteiger charge is -2.13. The topological polar surface area (TPSA) is 94.2 Å². The number of benzene rings is 1. The van der Waals surface area contributed by atoms with Gasteiger partial charge in [0, 0.05) is 40.9 Å². The van der Waals surface area contributed by atoms with Crippen molar-refractivity contribution in [2.24, 2.45) is 0 Å². The first kappa shape index (κ1) is 20.7. The van der Waals surface area contributed by atoms with Crippen LogP contribution in [-0.4, -0.2) is 30.1 Å². The van der Waals surface area contributed by atoms with Crippen molar-refractivity contribution in [2.45, 2.75) is 33.2 Å². The number of hydrogen-bond acceptors (Lipinski definition) is 6. The van der Waals surface area contributed by atoms with Gasteiger partial charge in [-0.25, -0.2) is 4.98 Å². The fourth-order valence-corrected chi connectivity index (χ4v) is 4.07. The highest BCUT2D eigenvalue weighted by atomic mass is 32.1. The second kappa shape index (κ2) is 8.65. The predicted molar refractivity (Wildman–Crippen MR) is 121 cm³/mol. The third kappa shape index (κ3) is 4.17. The van der Waals surface area contributed by atoms with Gasteiger partial charge in [-0.1, -0.05) is 36.4 Å².